The van der Waals surface area contributed by atoms with E-state index in [-0.39, 0.29) is 30.1 Å². The summed E-state index contributed by atoms with van der Waals surface area (Å²) in [5.41, 5.74) is 4.79. The lowest BCUT2D eigenvalue weighted by molar-refractivity contribution is -0.123. The van der Waals surface area contributed by atoms with Crippen molar-refractivity contribution in [3.63, 3.8) is 0 Å². The summed E-state index contributed by atoms with van der Waals surface area (Å²) in [6.45, 7) is 11.3. The van der Waals surface area contributed by atoms with E-state index in [0.29, 0.717) is 17.2 Å². The Morgan fingerprint density at radius 1 is 1.13 bits per heavy atom. The van der Waals surface area contributed by atoms with Crippen LogP contribution in [0.4, 0.5) is 0 Å². The number of nitrogens with one attached hydrogen (secondary N) is 1. The number of nitrogens with zero attached hydrogens (tertiary/aromatic N) is 1. The largest absolute Gasteiger partial charge is 0.484 e. The predicted molar refractivity (Wildman–Crippen MR) is 125 cm³/mol. The average molecular weight is 489 g/mol. The number of ether oxygens (including phenoxy) is 3. The second-order valence-corrected chi connectivity index (χ2v) is 10.3. The molecular formula is C24H29BrN2O4. The molecule has 0 radical (unpaired) electrons. The van der Waals surface area contributed by atoms with Gasteiger partial charge < -0.3 is 14.2 Å². The topological polar surface area (TPSA) is 69.2 Å². The lowest BCUT2D eigenvalue weighted by Crippen LogP contribution is -2.25. The first-order valence-corrected chi connectivity index (χ1v) is 11.0. The van der Waals surface area contributed by atoms with Gasteiger partial charge in [0.1, 0.15) is 5.75 Å². The van der Waals surface area contributed by atoms with E-state index in [0.717, 1.165) is 16.5 Å². The lowest BCUT2D eigenvalue weighted by atomic mass is 9.72. The number of carbonyl (C=O) groups excluding carboxylic acids is 1. The first-order chi connectivity index (χ1) is 14.5. The van der Waals surface area contributed by atoms with E-state index in [4.69, 9.17) is 14.2 Å². The van der Waals surface area contributed by atoms with Crippen LogP contribution in [-0.4, -0.2) is 25.5 Å². The Labute approximate surface area is 192 Å². The molecule has 0 bridgehead atoms. The smallest absolute Gasteiger partial charge is 0.277 e. The fourth-order valence-electron chi connectivity index (χ4n) is 3.82. The van der Waals surface area contributed by atoms with E-state index in [1.165, 1.54) is 11.8 Å². The monoisotopic (exact) mass is 488 g/mol. The molecule has 0 fully saturated rings. The number of hydrazone groups is 1. The summed E-state index contributed by atoms with van der Waals surface area (Å²) >= 11 is 3.45. The molecule has 1 aliphatic heterocycles. The molecule has 0 unspecified atom stereocenters. The van der Waals surface area contributed by atoms with Gasteiger partial charge in [-0.05, 0) is 63.0 Å². The first kappa shape index (κ1) is 23.1. The van der Waals surface area contributed by atoms with Crippen LogP contribution < -0.4 is 19.6 Å². The molecule has 0 saturated heterocycles. The van der Waals surface area contributed by atoms with E-state index in [2.05, 4.69) is 73.2 Å². The molecule has 1 heterocycles. The van der Waals surface area contributed by atoms with Crippen LogP contribution in [0.2, 0.25) is 0 Å². The Balaban J connectivity index is 1.50. The van der Waals surface area contributed by atoms with Crippen molar-refractivity contribution in [1.29, 1.82) is 0 Å². The predicted octanol–water partition coefficient (Wildman–Crippen LogP) is 5.42. The number of hydrogen-bond donors (Lipinski definition) is 1. The van der Waals surface area contributed by atoms with Crippen molar-refractivity contribution in [3.8, 4) is 17.2 Å². The van der Waals surface area contributed by atoms with Crippen LogP contribution in [0.25, 0.3) is 0 Å². The second-order valence-electron chi connectivity index (χ2n) is 9.45. The normalized spacial score (nSPS) is 13.5. The summed E-state index contributed by atoms with van der Waals surface area (Å²) < 4.78 is 17.0. The number of hydrogen-bond acceptors (Lipinski definition) is 5. The van der Waals surface area contributed by atoms with Crippen LogP contribution in [0, 0.1) is 5.41 Å². The number of amides is 1. The fourth-order valence-corrected chi connectivity index (χ4v) is 4.24. The van der Waals surface area contributed by atoms with Crippen LogP contribution in [0.3, 0.4) is 0 Å². The Kier molecular flexibility index (Phi) is 6.94. The van der Waals surface area contributed by atoms with Crippen LogP contribution in [0.1, 0.15) is 52.2 Å². The summed E-state index contributed by atoms with van der Waals surface area (Å²) in [6, 6.07) is 11.5. The van der Waals surface area contributed by atoms with Gasteiger partial charge in [0.05, 0.1) is 6.21 Å². The minimum atomic E-state index is -0.342. The molecule has 0 aliphatic carbocycles. The Hall–Kier alpha value is -2.54. The highest BCUT2D eigenvalue weighted by atomic mass is 79.9. The second kappa shape index (κ2) is 9.30. The number of carbonyl (C=O) groups is 1. The molecule has 0 atom stereocenters. The van der Waals surface area contributed by atoms with Gasteiger partial charge in [-0.25, -0.2) is 5.43 Å². The Morgan fingerprint density at radius 3 is 2.42 bits per heavy atom. The minimum absolute atomic E-state index is 0.0614. The highest BCUT2D eigenvalue weighted by Crippen LogP contribution is 2.37. The Morgan fingerprint density at radius 2 is 1.77 bits per heavy atom. The third-order valence-electron chi connectivity index (χ3n) is 4.86. The maximum atomic E-state index is 12.1. The van der Waals surface area contributed by atoms with Crippen molar-refractivity contribution in [2.75, 3.05) is 13.4 Å². The molecule has 0 saturated carbocycles. The van der Waals surface area contributed by atoms with Crippen LogP contribution in [0.15, 0.2) is 46.0 Å². The molecular weight excluding hydrogens is 460 g/mol. The van der Waals surface area contributed by atoms with Crippen molar-refractivity contribution in [2.45, 2.75) is 46.5 Å². The molecule has 1 aliphatic rings. The van der Waals surface area contributed by atoms with Gasteiger partial charge in [0, 0.05) is 10.0 Å². The fraction of sp³-hybridized carbons (Fsp3) is 0.417. The quantitative estimate of drug-likeness (QED) is 0.417. The van der Waals surface area contributed by atoms with Crippen molar-refractivity contribution >= 4 is 28.1 Å². The molecule has 7 heteroatoms. The highest BCUT2D eigenvalue weighted by molar-refractivity contribution is 9.10. The molecule has 6 nitrogen and oxygen atoms in total. The van der Waals surface area contributed by atoms with Gasteiger partial charge in [-0.15, -0.1) is 0 Å². The highest BCUT2D eigenvalue weighted by Gasteiger charge is 2.27. The standard InChI is InChI=1S/C24H29BrN2O4/c1-23(2,3)14-24(4,5)17-6-8-18(9-7-17)29-13-22(28)27-26-12-16-10-20-21(11-19(16)25)31-15-30-20/h6-12H,13-15H2,1-5H3,(H,27,28)/b26-12+. The summed E-state index contributed by atoms with van der Waals surface area (Å²) in [5, 5.41) is 3.99. The van der Waals surface area contributed by atoms with Gasteiger partial charge in [-0.1, -0.05) is 46.8 Å². The molecule has 31 heavy (non-hydrogen) atoms. The van der Waals surface area contributed by atoms with Gasteiger partial charge in [-0.2, -0.15) is 5.10 Å². The number of halogens is 1. The van der Waals surface area contributed by atoms with Crippen LogP contribution >= 0.6 is 15.9 Å². The molecule has 0 spiro atoms. The van der Waals surface area contributed by atoms with Gasteiger partial charge >= 0.3 is 0 Å². The zero-order valence-electron chi connectivity index (χ0n) is 18.6. The molecule has 1 N–H and O–H groups in total. The van der Waals surface area contributed by atoms with Gasteiger partial charge in [0.25, 0.3) is 5.91 Å². The zero-order chi connectivity index (χ0) is 22.6. The SMILES string of the molecule is CC(C)(C)CC(C)(C)c1ccc(OCC(=O)N/N=C/c2cc3c(cc2Br)OCO3)cc1. The lowest BCUT2D eigenvalue weighted by Gasteiger charge is -2.33. The van der Waals surface area contributed by atoms with Crippen molar-refractivity contribution < 1.29 is 19.0 Å². The summed E-state index contributed by atoms with van der Waals surface area (Å²) in [6.07, 6.45) is 2.61. The number of fused-ring (bicyclic) bond motifs is 1. The maximum absolute atomic E-state index is 12.1. The third-order valence-corrected chi connectivity index (χ3v) is 5.55. The van der Waals surface area contributed by atoms with E-state index in [9.17, 15) is 4.79 Å². The van der Waals surface area contributed by atoms with Crippen molar-refractivity contribution in [1.82, 2.24) is 5.43 Å². The van der Waals surface area contributed by atoms with Crippen LogP contribution in [0.5, 0.6) is 17.2 Å². The van der Waals surface area contributed by atoms with Gasteiger partial charge in [-0.3, -0.25) is 4.79 Å². The molecule has 2 aromatic rings. The average Bonchev–Trinajstić information content (AvgIpc) is 3.12. The summed E-state index contributed by atoms with van der Waals surface area (Å²) in [4.78, 5) is 12.1. The minimum Gasteiger partial charge on any atom is -0.484 e. The van der Waals surface area contributed by atoms with Gasteiger partial charge in [0.15, 0.2) is 18.1 Å². The number of benzene rings is 2. The number of rotatable bonds is 7. The molecule has 166 valence electrons. The van der Waals surface area contributed by atoms with E-state index < -0.39 is 0 Å². The molecule has 0 aromatic heterocycles. The molecule has 3 rings (SSSR count). The first-order valence-electron chi connectivity index (χ1n) is 10.2. The third kappa shape index (κ3) is 6.47. The van der Waals surface area contributed by atoms with E-state index in [1.54, 1.807) is 12.1 Å². The van der Waals surface area contributed by atoms with E-state index >= 15 is 0 Å². The molecule has 1 amide bonds. The van der Waals surface area contributed by atoms with Crippen LogP contribution in [-0.2, 0) is 10.2 Å². The molecule has 2 aromatic carbocycles. The van der Waals surface area contributed by atoms with E-state index in [1.807, 2.05) is 12.1 Å². The summed E-state index contributed by atoms with van der Waals surface area (Å²) in [7, 11) is 0. The Bertz CT molecular complexity index is 963. The zero-order valence-corrected chi connectivity index (χ0v) is 20.2. The van der Waals surface area contributed by atoms with Gasteiger partial charge in [0.2, 0.25) is 6.79 Å². The summed E-state index contributed by atoms with van der Waals surface area (Å²) in [5.74, 6) is 1.63. The maximum Gasteiger partial charge on any atom is 0.277 e. The van der Waals surface area contributed by atoms with Crippen molar-refractivity contribution in [2.24, 2.45) is 10.5 Å². The van der Waals surface area contributed by atoms with Crippen molar-refractivity contribution in [3.05, 3.63) is 52.0 Å².